The number of nitrogens with zero attached hydrogens (tertiary/aromatic N) is 2. The van der Waals surface area contributed by atoms with Crippen LogP contribution in [-0.2, 0) is 20.8 Å². The van der Waals surface area contributed by atoms with Crippen LogP contribution in [0.2, 0.25) is 0 Å². The number of amides is 2. The third kappa shape index (κ3) is 6.27. The highest BCUT2D eigenvalue weighted by Crippen LogP contribution is 2.19. The number of carboxylic acids is 1. The number of aryl methyl sites for hydroxylation is 1. The van der Waals surface area contributed by atoms with Crippen molar-refractivity contribution >= 4 is 17.8 Å². The van der Waals surface area contributed by atoms with Crippen molar-refractivity contribution in [1.82, 2.24) is 9.80 Å². The fourth-order valence-electron chi connectivity index (χ4n) is 3.48. The summed E-state index contributed by atoms with van der Waals surface area (Å²) in [4.78, 5) is 38.6. The molecule has 1 saturated heterocycles. The molecule has 0 spiro atoms. The number of methoxy groups -OCH3 is 1. The van der Waals surface area contributed by atoms with Crippen LogP contribution in [0.4, 0.5) is 0 Å². The fourth-order valence-corrected chi connectivity index (χ4v) is 3.48. The molecule has 2 amide bonds. The summed E-state index contributed by atoms with van der Waals surface area (Å²) in [6.07, 6.45) is 3.20. The molecule has 1 N–H and O–H groups in total. The maximum atomic E-state index is 12.6. The number of benzene rings is 1. The van der Waals surface area contributed by atoms with Crippen LogP contribution in [0.5, 0.6) is 5.75 Å². The highest BCUT2D eigenvalue weighted by Gasteiger charge is 2.27. The van der Waals surface area contributed by atoms with Crippen LogP contribution < -0.4 is 4.74 Å². The average Bonchev–Trinajstić information content (AvgIpc) is 2.90. The van der Waals surface area contributed by atoms with Crippen molar-refractivity contribution in [3.8, 4) is 5.75 Å². The molecule has 7 nitrogen and oxygen atoms in total. The van der Waals surface area contributed by atoms with Gasteiger partial charge in [-0.3, -0.25) is 14.4 Å². The van der Waals surface area contributed by atoms with Crippen LogP contribution in [-0.4, -0.2) is 65.5 Å². The lowest BCUT2D eigenvalue weighted by Gasteiger charge is -2.28. The zero-order valence-electron chi connectivity index (χ0n) is 16.0. The van der Waals surface area contributed by atoms with Gasteiger partial charge >= 0.3 is 5.97 Å². The minimum absolute atomic E-state index is 0.0964. The van der Waals surface area contributed by atoms with E-state index in [2.05, 4.69) is 0 Å². The van der Waals surface area contributed by atoms with E-state index in [1.54, 1.807) is 7.11 Å². The standard InChI is InChI=1S/C20H28N2O5/c1-15(23)22(14-20(25)26)17-4-3-12-21(13-11-17)19(24)10-7-16-5-8-18(27-2)9-6-16/h5-6,8-9,17H,3-4,7,10-14H2,1-2H3,(H,25,26). The van der Waals surface area contributed by atoms with Crippen LogP contribution >= 0.6 is 0 Å². The Hall–Kier alpha value is -2.57. The summed E-state index contributed by atoms with van der Waals surface area (Å²) in [5.74, 6) is -0.359. The first kappa shape index (κ1) is 20.7. The second kappa shape index (κ2) is 9.94. The van der Waals surface area contributed by atoms with Gasteiger partial charge in [0.25, 0.3) is 0 Å². The van der Waals surface area contributed by atoms with E-state index in [-0.39, 0.29) is 24.4 Å². The SMILES string of the molecule is COc1ccc(CCC(=O)N2CCCC(N(CC(=O)O)C(C)=O)CC2)cc1. The van der Waals surface area contributed by atoms with Crippen LogP contribution in [0.15, 0.2) is 24.3 Å². The molecule has 1 unspecified atom stereocenters. The molecule has 1 aliphatic rings. The van der Waals surface area contributed by atoms with E-state index in [1.807, 2.05) is 29.2 Å². The second-order valence-electron chi connectivity index (χ2n) is 6.85. The minimum Gasteiger partial charge on any atom is -0.497 e. The quantitative estimate of drug-likeness (QED) is 0.786. The van der Waals surface area contributed by atoms with Crippen molar-refractivity contribution in [2.75, 3.05) is 26.7 Å². The lowest BCUT2D eigenvalue weighted by atomic mass is 10.1. The number of likely N-dealkylation sites (tertiary alicyclic amines) is 1. The monoisotopic (exact) mass is 376 g/mol. The van der Waals surface area contributed by atoms with Crippen molar-refractivity contribution in [1.29, 1.82) is 0 Å². The molecular weight excluding hydrogens is 348 g/mol. The normalized spacial score (nSPS) is 17.1. The van der Waals surface area contributed by atoms with E-state index in [0.29, 0.717) is 32.4 Å². The Morgan fingerprint density at radius 3 is 2.48 bits per heavy atom. The number of rotatable bonds is 7. The van der Waals surface area contributed by atoms with Gasteiger partial charge in [-0.05, 0) is 43.4 Å². The number of ether oxygens (including phenoxy) is 1. The third-order valence-corrected chi connectivity index (χ3v) is 4.99. The highest BCUT2D eigenvalue weighted by atomic mass is 16.5. The maximum Gasteiger partial charge on any atom is 0.323 e. The first-order valence-electron chi connectivity index (χ1n) is 9.30. The van der Waals surface area contributed by atoms with Crippen molar-refractivity contribution in [3.63, 3.8) is 0 Å². The highest BCUT2D eigenvalue weighted by molar-refractivity contribution is 5.80. The summed E-state index contributed by atoms with van der Waals surface area (Å²) >= 11 is 0. The van der Waals surface area contributed by atoms with Gasteiger partial charge in [-0.2, -0.15) is 0 Å². The van der Waals surface area contributed by atoms with Gasteiger partial charge in [-0.25, -0.2) is 0 Å². The fraction of sp³-hybridized carbons (Fsp3) is 0.550. The van der Waals surface area contributed by atoms with Gasteiger partial charge in [0.15, 0.2) is 0 Å². The molecule has 7 heteroatoms. The van der Waals surface area contributed by atoms with Crippen molar-refractivity contribution < 1.29 is 24.2 Å². The number of carbonyl (C=O) groups excluding carboxylic acids is 2. The summed E-state index contributed by atoms with van der Waals surface area (Å²) in [6, 6.07) is 7.56. The number of aliphatic carboxylic acids is 1. The Morgan fingerprint density at radius 2 is 1.89 bits per heavy atom. The summed E-state index contributed by atoms with van der Waals surface area (Å²) < 4.78 is 5.13. The molecule has 1 atom stereocenters. The van der Waals surface area contributed by atoms with E-state index in [1.165, 1.54) is 11.8 Å². The first-order valence-corrected chi connectivity index (χ1v) is 9.30. The minimum atomic E-state index is -1.01. The predicted octanol–water partition coefficient (Wildman–Crippen LogP) is 1.94. The summed E-state index contributed by atoms with van der Waals surface area (Å²) in [5, 5.41) is 9.02. The van der Waals surface area contributed by atoms with Gasteiger partial charge in [-0.1, -0.05) is 12.1 Å². The molecule has 27 heavy (non-hydrogen) atoms. The molecule has 1 heterocycles. The number of hydrogen-bond donors (Lipinski definition) is 1. The molecule has 1 fully saturated rings. The third-order valence-electron chi connectivity index (χ3n) is 4.99. The first-order chi connectivity index (χ1) is 12.9. The topological polar surface area (TPSA) is 87.2 Å². The van der Waals surface area contributed by atoms with Crippen LogP contribution in [0.1, 0.15) is 38.2 Å². The van der Waals surface area contributed by atoms with Gasteiger partial charge in [0, 0.05) is 32.5 Å². The van der Waals surface area contributed by atoms with Gasteiger partial charge in [0.2, 0.25) is 11.8 Å². The van der Waals surface area contributed by atoms with Gasteiger partial charge in [-0.15, -0.1) is 0 Å². The largest absolute Gasteiger partial charge is 0.497 e. The lowest BCUT2D eigenvalue weighted by molar-refractivity contribution is -0.145. The molecule has 0 saturated carbocycles. The molecular formula is C20H28N2O5. The second-order valence-corrected chi connectivity index (χ2v) is 6.85. The molecule has 0 aliphatic carbocycles. The zero-order chi connectivity index (χ0) is 19.8. The average molecular weight is 376 g/mol. The molecule has 1 aromatic rings. The predicted molar refractivity (Wildman–Crippen MR) is 101 cm³/mol. The molecule has 0 radical (unpaired) electrons. The molecule has 1 aromatic carbocycles. The van der Waals surface area contributed by atoms with E-state index in [9.17, 15) is 14.4 Å². The van der Waals surface area contributed by atoms with Gasteiger partial charge < -0.3 is 19.6 Å². The zero-order valence-corrected chi connectivity index (χ0v) is 16.0. The molecule has 0 bridgehead atoms. The lowest BCUT2D eigenvalue weighted by Crippen LogP contribution is -2.43. The van der Waals surface area contributed by atoms with E-state index >= 15 is 0 Å². The Balaban J connectivity index is 1.87. The summed E-state index contributed by atoms with van der Waals surface area (Å²) in [5.41, 5.74) is 1.08. The van der Waals surface area contributed by atoms with E-state index in [0.717, 1.165) is 24.2 Å². The van der Waals surface area contributed by atoms with Crippen LogP contribution in [0, 0.1) is 0 Å². The number of hydrogen-bond acceptors (Lipinski definition) is 4. The van der Waals surface area contributed by atoms with E-state index < -0.39 is 5.97 Å². The maximum absolute atomic E-state index is 12.6. The Kier molecular flexibility index (Phi) is 7.64. The van der Waals surface area contributed by atoms with E-state index in [4.69, 9.17) is 9.84 Å². The van der Waals surface area contributed by atoms with Gasteiger partial charge in [0.05, 0.1) is 7.11 Å². The van der Waals surface area contributed by atoms with Crippen molar-refractivity contribution in [3.05, 3.63) is 29.8 Å². The summed E-state index contributed by atoms with van der Waals surface area (Å²) in [6.45, 7) is 2.31. The molecule has 148 valence electrons. The Morgan fingerprint density at radius 1 is 1.19 bits per heavy atom. The van der Waals surface area contributed by atoms with Crippen LogP contribution in [0.3, 0.4) is 0 Å². The molecule has 0 aromatic heterocycles. The summed E-state index contributed by atoms with van der Waals surface area (Å²) in [7, 11) is 1.62. The number of carboxylic acid groups (broad SMARTS) is 1. The molecule has 2 rings (SSSR count). The smallest absolute Gasteiger partial charge is 0.323 e. The van der Waals surface area contributed by atoms with Gasteiger partial charge in [0.1, 0.15) is 12.3 Å². The molecule has 1 aliphatic heterocycles. The Bertz CT molecular complexity index is 659. The Labute approximate surface area is 159 Å². The number of carbonyl (C=O) groups is 3. The van der Waals surface area contributed by atoms with Crippen LogP contribution in [0.25, 0.3) is 0 Å². The van der Waals surface area contributed by atoms with Crippen molar-refractivity contribution in [2.24, 2.45) is 0 Å². The van der Waals surface area contributed by atoms with Crippen molar-refractivity contribution in [2.45, 2.75) is 45.1 Å².